The van der Waals surface area contributed by atoms with E-state index in [9.17, 15) is 4.79 Å². The largest absolute Gasteiger partial charge is 0.494 e. The second kappa shape index (κ2) is 10.3. The van der Waals surface area contributed by atoms with Crippen LogP contribution in [0.25, 0.3) is 0 Å². The van der Waals surface area contributed by atoms with E-state index in [1.165, 1.54) is 5.56 Å². The Morgan fingerprint density at radius 1 is 1.15 bits per heavy atom. The van der Waals surface area contributed by atoms with Gasteiger partial charge in [0.05, 0.1) is 6.61 Å². The maximum absolute atomic E-state index is 11.5. The van der Waals surface area contributed by atoms with Crippen molar-refractivity contribution >= 4 is 5.91 Å². The van der Waals surface area contributed by atoms with Crippen LogP contribution in [-0.2, 0) is 4.79 Å². The molecule has 0 radical (unpaired) electrons. The van der Waals surface area contributed by atoms with Crippen LogP contribution in [0.3, 0.4) is 0 Å². The molecule has 0 bridgehead atoms. The van der Waals surface area contributed by atoms with E-state index in [-0.39, 0.29) is 12.5 Å². The Kier molecular flexibility index (Phi) is 8.47. The Labute approximate surface area is 121 Å². The van der Waals surface area contributed by atoms with Crippen LogP contribution in [0.5, 0.6) is 5.75 Å². The molecule has 0 fully saturated rings. The van der Waals surface area contributed by atoms with Gasteiger partial charge < -0.3 is 15.2 Å². The summed E-state index contributed by atoms with van der Waals surface area (Å²) < 4.78 is 5.56. The molecule has 0 aliphatic carbocycles. The van der Waals surface area contributed by atoms with E-state index in [1.807, 2.05) is 31.2 Å². The minimum atomic E-state index is 0.0708. The molecule has 0 saturated heterocycles. The Morgan fingerprint density at radius 3 is 2.60 bits per heavy atom. The van der Waals surface area contributed by atoms with Crippen LogP contribution in [0.1, 0.15) is 37.7 Å². The number of ether oxygens (including phenoxy) is 1. The average Bonchev–Trinajstić information content (AvgIpc) is 2.45. The third kappa shape index (κ3) is 7.79. The standard InChI is InChI=1S/C16H25NO3/c1-14-7-9-15(10-8-14)20-13-5-6-16(19)17-11-3-2-4-12-18/h7-10,18H,2-6,11-13H2,1H3,(H,17,19). The molecule has 1 amide bonds. The molecule has 1 aromatic rings. The number of nitrogens with one attached hydrogen (secondary N) is 1. The van der Waals surface area contributed by atoms with E-state index in [0.29, 0.717) is 19.6 Å². The Balaban J connectivity index is 2.00. The number of carbonyl (C=O) groups excluding carboxylic acids is 1. The summed E-state index contributed by atoms with van der Waals surface area (Å²) in [6, 6.07) is 7.90. The van der Waals surface area contributed by atoms with Gasteiger partial charge in [0.2, 0.25) is 5.91 Å². The summed E-state index contributed by atoms with van der Waals surface area (Å²) in [6.45, 7) is 3.51. The highest BCUT2D eigenvalue weighted by molar-refractivity contribution is 5.75. The fourth-order valence-electron chi connectivity index (χ4n) is 1.79. The molecule has 0 spiro atoms. The van der Waals surface area contributed by atoms with Crippen LogP contribution in [0, 0.1) is 6.92 Å². The van der Waals surface area contributed by atoms with Crippen LogP contribution in [0.2, 0.25) is 0 Å². The third-order valence-corrected chi connectivity index (χ3v) is 2.99. The molecule has 0 atom stereocenters. The number of rotatable bonds is 10. The number of aliphatic hydroxyl groups is 1. The molecule has 0 unspecified atom stereocenters. The number of aryl methyl sites for hydroxylation is 1. The van der Waals surface area contributed by atoms with Gasteiger partial charge >= 0.3 is 0 Å². The zero-order chi connectivity index (χ0) is 14.6. The normalized spacial score (nSPS) is 10.3. The molecule has 0 aliphatic rings. The molecule has 0 aromatic heterocycles. The number of unbranched alkanes of at least 4 members (excludes halogenated alkanes) is 2. The summed E-state index contributed by atoms with van der Waals surface area (Å²) in [4.78, 5) is 11.5. The minimum Gasteiger partial charge on any atom is -0.494 e. The van der Waals surface area contributed by atoms with E-state index in [4.69, 9.17) is 9.84 Å². The van der Waals surface area contributed by atoms with Crippen molar-refractivity contribution in [1.82, 2.24) is 5.32 Å². The lowest BCUT2D eigenvalue weighted by molar-refractivity contribution is -0.121. The summed E-state index contributed by atoms with van der Waals surface area (Å²) in [7, 11) is 0. The summed E-state index contributed by atoms with van der Waals surface area (Å²) in [6.07, 6.45) is 3.89. The maximum atomic E-state index is 11.5. The van der Waals surface area contributed by atoms with Crippen molar-refractivity contribution < 1.29 is 14.6 Å². The number of hydrogen-bond donors (Lipinski definition) is 2. The molecular formula is C16H25NO3. The lowest BCUT2D eigenvalue weighted by Crippen LogP contribution is -2.24. The quantitative estimate of drug-likeness (QED) is 0.647. The molecule has 2 N–H and O–H groups in total. The fourth-order valence-corrected chi connectivity index (χ4v) is 1.79. The summed E-state index contributed by atoms with van der Waals surface area (Å²) >= 11 is 0. The first kappa shape index (κ1) is 16.5. The van der Waals surface area contributed by atoms with Crippen LogP contribution in [0.4, 0.5) is 0 Å². The highest BCUT2D eigenvalue weighted by atomic mass is 16.5. The van der Waals surface area contributed by atoms with E-state index in [1.54, 1.807) is 0 Å². The summed E-state index contributed by atoms with van der Waals surface area (Å²) in [5.74, 6) is 0.918. The molecular weight excluding hydrogens is 254 g/mol. The van der Waals surface area contributed by atoms with Gasteiger partial charge in [-0.25, -0.2) is 0 Å². The molecule has 0 aliphatic heterocycles. The average molecular weight is 279 g/mol. The van der Waals surface area contributed by atoms with Gasteiger partial charge in [-0.3, -0.25) is 4.79 Å². The number of amides is 1. The molecule has 0 saturated carbocycles. The number of aliphatic hydroxyl groups excluding tert-OH is 1. The van der Waals surface area contributed by atoms with Crippen LogP contribution in [-0.4, -0.2) is 30.8 Å². The Bertz CT molecular complexity index is 376. The topological polar surface area (TPSA) is 58.6 Å². The van der Waals surface area contributed by atoms with E-state index < -0.39 is 0 Å². The highest BCUT2D eigenvalue weighted by Gasteiger charge is 2.01. The van der Waals surface area contributed by atoms with Gasteiger partial charge in [-0.2, -0.15) is 0 Å². The van der Waals surface area contributed by atoms with Crippen LogP contribution in [0.15, 0.2) is 24.3 Å². The first-order valence-corrected chi connectivity index (χ1v) is 7.29. The monoisotopic (exact) mass is 279 g/mol. The highest BCUT2D eigenvalue weighted by Crippen LogP contribution is 2.11. The molecule has 20 heavy (non-hydrogen) atoms. The number of carbonyl (C=O) groups is 1. The zero-order valence-electron chi connectivity index (χ0n) is 12.2. The SMILES string of the molecule is Cc1ccc(OCCCC(=O)NCCCCCO)cc1. The van der Waals surface area contributed by atoms with Gasteiger partial charge in [-0.05, 0) is 44.7 Å². The third-order valence-electron chi connectivity index (χ3n) is 2.99. The first-order chi connectivity index (χ1) is 9.72. The van der Waals surface area contributed by atoms with Crippen molar-refractivity contribution in [3.8, 4) is 5.75 Å². The molecule has 0 heterocycles. The second-order valence-electron chi connectivity index (χ2n) is 4.90. The maximum Gasteiger partial charge on any atom is 0.220 e. The lowest BCUT2D eigenvalue weighted by Gasteiger charge is -2.07. The van der Waals surface area contributed by atoms with Gasteiger partial charge in [0.15, 0.2) is 0 Å². The van der Waals surface area contributed by atoms with Crippen molar-refractivity contribution in [2.75, 3.05) is 19.8 Å². The number of hydrogen-bond acceptors (Lipinski definition) is 3. The van der Waals surface area contributed by atoms with Gasteiger partial charge in [0, 0.05) is 19.6 Å². The Morgan fingerprint density at radius 2 is 1.90 bits per heavy atom. The fraction of sp³-hybridized carbons (Fsp3) is 0.562. The molecule has 1 aromatic carbocycles. The summed E-state index contributed by atoms with van der Waals surface area (Å²) in [5.41, 5.74) is 1.21. The van der Waals surface area contributed by atoms with Gasteiger partial charge in [0.1, 0.15) is 5.75 Å². The molecule has 4 nitrogen and oxygen atoms in total. The second-order valence-corrected chi connectivity index (χ2v) is 4.90. The number of benzene rings is 1. The van der Waals surface area contributed by atoms with Crippen LogP contribution < -0.4 is 10.1 Å². The van der Waals surface area contributed by atoms with Crippen molar-refractivity contribution in [2.45, 2.75) is 39.0 Å². The van der Waals surface area contributed by atoms with Crippen molar-refractivity contribution in [1.29, 1.82) is 0 Å². The zero-order valence-corrected chi connectivity index (χ0v) is 12.2. The van der Waals surface area contributed by atoms with Gasteiger partial charge in [-0.15, -0.1) is 0 Å². The predicted octanol–water partition coefficient (Wildman–Crippen LogP) is 2.43. The van der Waals surface area contributed by atoms with E-state index in [0.717, 1.165) is 31.4 Å². The predicted molar refractivity (Wildman–Crippen MR) is 79.9 cm³/mol. The van der Waals surface area contributed by atoms with Crippen molar-refractivity contribution in [2.24, 2.45) is 0 Å². The lowest BCUT2D eigenvalue weighted by atomic mass is 10.2. The van der Waals surface area contributed by atoms with E-state index in [2.05, 4.69) is 5.32 Å². The molecule has 112 valence electrons. The molecule has 1 rings (SSSR count). The summed E-state index contributed by atoms with van der Waals surface area (Å²) in [5, 5.41) is 11.5. The van der Waals surface area contributed by atoms with Gasteiger partial charge in [0.25, 0.3) is 0 Å². The van der Waals surface area contributed by atoms with Crippen LogP contribution >= 0.6 is 0 Å². The van der Waals surface area contributed by atoms with Crippen molar-refractivity contribution in [3.63, 3.8) is 0 Å². The van der Waals surface area contributed by atoms with Crippen molar-refractivity contribution in [3.05, 3.63) is 29.8 Å². The first-order valence-electron chi connectivity index (χ1n) is 7.29. The molecule has 4 heteroatoms. The van der Waals surface area contributed by atoms with Gasteiger partial charge in [-0.1, -0.05) is 17.7 Å². The minimum absolute atomic E-state index is 0.0708. The Hall–Kier alpha value is -1.55. The van der Waals surface area contributed by atoms with E-state index >= 15 is 0 Å². The smallest absolute Gasteiger partial charge is 0.220 e.